The average Bonchev–Trinajstić information content (AvgIpc) is 3.28. The van der Waals surface area contributed by atoms with Crippen LogP contribution in [0.15, 0.2) is 85.1 Å². The molecule has 0 amide bonds. The largest absolute Gasteiger partial charge is 0.545 e. The minimum Gasteiger partial charge on any atom is -0.545 e. The summed E-state index contributed by atoms with van der Waals surface area (Å²) < 4.78 is 22.6. The second-order valence-electron chi connectivity index (χ2n) is 18.4. The minimum absolute atomic E-state index is 0.142. The summed E-state index contributed by atoms with van der Waals surface area (Å²) in [6.07, 6.45) is 59.1. The van der Waals surface area contributed by atoms with Crippen molar-refractivity contribution < 1.29 is 42.9 Å². The van der Waals surface area contributed by atoms with Gasteiger partial charge in [-0.15, -0.1) is 0 Å². The first-order chi connectivity index (χ1) is 32.1. The molecule has 9 nitrogen and oxygen atoms in total. The third-order valence-corrected chi connectivity index (χ3v) is 10.9. The lowest BCUT2D eigenvalue weighted by molar-refractivity contribution is -0.870. The zero-order chi connectivity index (χ0) is 48.4. The number of quaternary nitrogens is 1. The summed E-state index contributed by atoms with van der Waals surface area (Å²) in [4.78, 5) is 37.1. The summed E-state index contributed by atoms with van der Waals surface area (Å²) in [7, 11) is 5.90. The molecule has 0 aliphatic heterocycles. The van der Waals surface area contributed by atoms with Gasteiger partial charge < -0.3 is 33.3 Å². The Bertz CT molecular complexity index is 1350. The standard InChI is InChI=1S/C57H97NO8/c1-6-8-10-12-14-16-18-20-21-22-23-24-25-26-27-28-29-30-31-32-33-34-35-36-38-40-42-44-46-48-55(60)66-53(52-65-57(56(61)62)63-50-49-58(3,4)5)51-64-54(59)47-45-43-41-39-37-19-17-15-13-11-9-7-2/h8,10,14-17,20-21,23-24,26-27,29-30,53,57H,6-7,9,11-13,18-19,22,25,28,31-52H2,1-5H3/b10-8-,16-14-,17-15-,21-20-,24-23-,27-26-,30-29-. The first-order valence-corrected chi connectivity index (χ1v) is 26.2. The molecule has 0 N–H and O–H groups in total. The zero-order valence-corrected chi connectivity index (χ0v) is 42.8. The molecule has 378 valence electrons. The van der Waals surface area contributed by atoms with Crippen molar-refractivity contribution in [3.63, 3.8) is 0 Å². The Morgan fingerprint density at radius 2 is 0.864 bits per heavy atom. The Hall–Kier alpha value is -3.53. The molecule has 0 rings (SSSR count). The van der Waals surface area contributed by atoms with Crippen molar-refractivity contribution in [1.82, 2.24) is 0 Å². The van der Waals surface area contributed by atoms with Gasteiger partial charge in [-0.3, -0.25) is 9.59 Å². The molecule has 0 heterocycles. The van der Waals surface area contributed by atoms with Crippen LogP contribution in [0.25, 0.3) is 0 Å². The maximum Gasteiger partial charge on any atom is 0.306 e. The number of likely N-dealkylation sites (N-methyl/N-ethyl adjacent to an activating group) is 1. The predicted molar refractivity (Wildman–Crippen MR) is 274 cm³/mol. The van der Waals surface area contributed by atoms with E-state index in [0.29, 0.717) is 17.4 Å². The lowest BCUT2D eigenvalue weighted by Gasteiger charge is -2.26. The maximum absolute atomic E-state index is 12.8. The van der Waals surface area contributed by atoms with Gasteiger partial charge in [0.2, 0.25) is 0 Å². The van der Waals surface area contributed by atoms with Crippen molar-refractivity contribution in [2.24, 2.45) is 0 Å². The highest BCUT2D eigenvalue weighted by molar-refractivity contribution is 5.70. The van der Waals surface area contributed by atoms with Crippen molar-refractivity contribution in [2.45, 2.75) is 212 Å². The molecule has 2 atom stereocenters. The lowest BCUT2D eigenvalue weighted by atomic mass is 10.0. The minimum atomic E-state index is -1.63. The van der Waals surface area contributed by atoms with Gasteiger partial charge in [-0.05, 0) is 89.9 Å². The van der Waals surface area contributed by atoms with Gasteiger partial charge >= 0.3 is 11.9 Å². The van der Waals surface area contributed by atoms with Gasteiger partial charge in [0.15, 0.2) is 12.4 Å². The Morgan fingerprint density at radius 3 is 1.30 bits per heavy atom. The van der Waals surface area contributed by atoms with Crippen LogP contribution in [0.1, 0.15) is 200 Å². The molecular formula is C57H97NO8. The molecule has 9 heteroatoms. The third-order valence-electron chi connectivity index (χ3n) is 10.9. The van der Waals surface area contributed by atoms with Crippen LogP contribution in [0.2, 0.25) is 0 Å². The highest BCUT2D eigenvalue weighted by Gasteiger charge is 2.22. The highest BCUT2D eigenvalue weighted by Crippen LogP contribution is 2.14. The molecule has 66 heavy (non-hydrogen) atoms. The summed E-state index contributed by atoms with van der Waals surface area (Å²) in [5.74, 6) is -2.31. The van der Waals surface area contributed by atoms with Crippen LogP contribution in [-0.2, 0) is 33.3 Å². The van der Waals surface area contributed by atoms with Crippen LogP contribution in [0.5, 0.6) is 0 Å². The molecule has 0 fully saturated rings. The molecule has 0 aliphatic carbocycles. The molecule has 0 radical (unpaired) electrons. The molecule has 0 aromatic heterocycles. The van der Waals surface area contributed by atoms with E-state index < -0.39 is 24.3 Å². The number of esters is 2. The third kappa shape index (κ3) is 48.4. The van der Waals surface area contributed by atoms with E-state index in [1.165, 1.54) is 64.2 Å². The van der Waals surface area contributed by atoms with Crippen molar-refractivity contribution >= 4 is 17.9 Å². The van der Waals surface area contributed by atoms with Crippen LogP contribution in [-0.4, -0.2) is 82.3 Å². The van der Waals surface area contributed by atoms with E-state index in [-0.39, 0.29) is 38.6 Å². The summed E-state index contributed by atoms with van der Waals surface area (Å²) in [6, 6.07) is 0. The summed E-state index contributed by atoms with van der Waals surface area (Å²) in [5.41, 5.74) is 0. The number of hydrogen-bond acceptors (Lipinski definition) is 8. The second-order valence-corrected chi connectivity index (χ2v) is 18.4. The fraction of sp³-hybridized carbons (Fsp3) is 0.702. The van der Waals surface area contributed by atoms with E-state index in [0.717, 1.165) is 103 Å². The smallest absolute Gasteiger partial charge is 0.306 e. The number of allylic oxidation sites excluding steroid dienone is 14. The van der Waals surface area contributed by atoms with Crippen LogP contribution in [0, 0.1) is 0 Å². The van der Waals surface area contributed by atoms with E-state index in [2.05, 4.69) is 98.9 Å². The first-order valence-electron chi connectivity index (χ1n) is 26.2. The van der Waals surface area contributed by atoms with E-state index in [4.69, 9.17) is 18.9 Å². The number of hydrogen-bond donors (Lipinski definition) is 0. The molecule has 0 saturated heterocycles. The molecule has 0 aromatic rings. The second kappa shape index (κ2) is 47.9. The normalized spacial score (nSPS) is 13.5. The molecule has 0 bridgehead atoms. The Labute approximate surface area is 404 Å². The number of ether oxygens (including phenoxy) is 4. The van der Waals surface area contributed by atoms with E-state index in [1.54, 1.807) is 0 Å². The first kappa shape index (κ1) is 62.5. The van der Waals surface area contributed by atoms with Crippen LogP contribution >= 0.6 is 0 Å². The van der Waals surface area contributed by atoms with Crippen molar-refractivity contribution in [2.75, 3.05) is 47.5 Å². The molecular weight excluding hydrogens is 827 g/mol. The van der Waals surface area contributed by atoms with Crippen molar-refractivity contribution in [3.8, 4) is 0 Å². The molecule has 0 saturated carbocycles. The average molecular weight is 924 g/mol. The van der Waals surface area contributed by atoms with Crippen LogP contribution in [0.3, 0.4) is 0 Å². The lowest BCUT2D eigenvalue weighted by Crippen LogP contribution is -2.44. The molecule has 0 aliphatic rings. The summed E-state index contributed by atoms with van der Waals surface area (Å²) in [6.45, 7) is 4.58. The number of carboxylic acids is 1. The van der Waals surface area contributed by atoms with E-state index >= 15 is 0 Å². The van der Waals surface area contributed by atoms with E-state index in [9.17, 15) is 19.5 Å². The molecule has 0 aromatic carbocycles. The maximum atomic E-state index is 12.8. The summed E-state index contributed by atoms with van der Waals surface area (Å²) >= 11 is 0. The Morgan fingerprint density at radius 1 is 0.470 bits per heavy atom. The van der Waals surface area contributed by atoms with Crippen molar-refractivity contribution in [1.29, 1.82) is 0 Å². The van der Waals surface area contributed by atoms with Gasteiger partial charge in [0, 0.05) is 12.8 Å². The molecule has 0 spiro atoms. The number of carboxylic acid groups (broad SMARTS) is 1. The number of unbranched alkanes of at least 4 members (excludes halogenated alkanes) is 18. The quantitative estimate of drug-likeness (QED) is 0.0195. The predicted octanol–water partition coefficient (Wildman–Crippen LogP) is 13.5. The Balaban J connectivity index is 4.25. The van der Waals surface area contributed by atoms with Crippen molar-refractivity contribution in [3.05, 3.63) is 85.1 Å². The Kier molecular flexibility index (Phi) is 45.4. The van der Waals surface area contributed by atoms with Gasteiger partial charge in [-0.1, -0.05) is 182 Å². The van der Waals surface area contributed by atoms with E-state index in [1.807, 2.05) is 21.1 Å². The van der Waals surface area contributed by atoms with Gasteiger partial charge in [0.25, 0.3) is 0 Å². The monoisotopic (exact) mass is 924 g/mol. The number of aliphatic carboxylic acids is 1. The number of carbonyl (C=O) groups is 3. The van der Waals surface area contributed by atoms with Gasteiger partial charge in [0.05, 0.1) is 40.3 Å². The highest BCUT2D eigenvalue weighted by atomic mass is 16.7. The van der Waals surface area contributed by atoms with Gasteiger partial charge in [-0.25, -0.2) is 0 Å². The zero-order valence-electron chi connectivity index (χ0n) is 42.8. The topological polar surface area (TPSA) is 111 Å². The SMILES string of the molecule is CC/C=C\C/C=C\C/C=C\C/C=C\C/C=C\C/C=C\CCCCCCCCCCCCC(=O)OC(COC(=O)CCCCCCC/C=C\CCCCC)COC(OCC[N+](C)(C)C)C(=O)[O-]. The fourth-order valence-corrected chi connectivity index (χ4v) is 6.83. The van der Waals surface area contributed by atoms with Crippen LogP contribution in [0.4, 0.5) is 0 Å². The molecule has 2 unspecified atom stereocenters. The summed E-state index contributed by atoms with van der Waals surface area (Å²) in [5, 5.41) is 11.7. The number of nitrogens with zero attached hydrogens (tertiary/aromatic N) is 1. The van der Waals surface area contributed by atoms with Gasteiger partial charge in [-0.2, -0.15) is 0 Å². The number of rotatable bonds is 47. The number of carbonyl (C=O) groups excluding carboxylic acids is 3. The van der Waals surface area contributed by atoms with Crippen LogP contribution < -0.4 is 5.11 Å². The van der Waals surface area contributed by atoms with Gasteiger partial charge in [0.1, 0.15) is 13.2 Å². The fourth-order valence-electron chi connectivity index (χ4n) is 6.83.